The molecule has 0 aliphatic rings. The molecule has 5 rings (SSSR count). The van der Waals surface area contributed by atoms with E-state index in [0.717, 1.165) is 32.7 Å². The molecule has 0 atom stereocenters. The van der Waals surface area contributed by atoms with E-state index in [1.165, 1.54) is 0 Å². The van der Waals surface area contributed by atoms with Crippen molar-refractivity contribution in [1.29, 1.82) is 5.26 Å². The van der Waals surface area contributed by atoms with Gasteiger partial charge in [-0.25, -0.2) is 0 Å². The van der Waals surface area contributed by atoms with Crippen LogP contribution in [0.3, 0.4) is 0 Å². The summed E-state index contributed by atoms with van der Waals surface area (Å²) in [5.41, 5.74) is 3.37. The first kappa shape index (κ1) is 22.9. The Kier molecular flexibility index (Phi) is 6.46. The van der Waals surface area contributed by atoms with Gasteiger partial charge in [-0.1, -0.05) is 91.0 Å². The molecule has 4 heteroatoms. The predicted octanol–water partition coefficient (Wildman–Crippen LogP) is 7.43. The summed E-state index contributed by atoms with van der Waals surface area (Å²) in [7, 11) is 0. The van der Waals surface area contributed by atoms with Crippen LogP contribution in [0.15, 0.2) is 109 Å². The summed E-state index contributed by atoms with van der Waals surface area (Å²) in [6.07, 6.45) is 1.62. The summed E-state index contributed by atoms with van der Waals surface area (Å²) in [6.45, 7) is 2.27. The average molecular weight is 469 g/mol. The number of rotatable bonds is 6. The number of aryl methyl sites for hydroxylation is 1. The average Bonchev–Trinajstić information content (AvgIpc) is 2.92. The van der Waals surface area contributed by atoms with Gasteiger partial charge in [0.05, 0.1) is 0 Å². The molecule has 0 radical (unpaired) electrons. The van der Waals surface area contributed by atoms with Gasteiger partial charge >= 0.3 is 0 Å². The minimum absolute atomic E-state index is 0.00428. The van der Waals surface area contributed by atoms with Gasteiger partial charge in [0, 0.05) is 11.3 Å². The van der Waals surface area contributed by atoms with E-state index in [9.17, 15) is 10.1 Å². The Labute approximate surface area is 210 Å². The van der Waals surface area contributed by atoms with E-state index in [0.29, 0.717) is 23.6 Å². The second kappa shape index (κ2) is 10.2. The lowest BCUT2D eigenvalue weighted by Gasteiger charge is -2.14. The summed E-state index contributed by atoms with van der Waals surface area (Å²) >= 11 is 0. The number of ether oxygens (including phenoxy) is 1. The van der Waals surface area contributed by atoms with Crippen molar-refractivity contribution in [1.82, 2.24) is 0 Å². The summed E-state index contributed by atoms with van der Waals surface area (Å²) in [5, 5.41) is 16.9. The van der Waals surface area contributed by atoms with Crippen LogP contribution in [-0.4, -0.2) is 5.91 Å². The number of nitrogens with one attached hydrogen (secondary N) is 1. The Morgan fingerprint density at radius 3 is 2.28 bits per heavy atom. The van der Waals surface area contributed by atoms with Crippen LogP contribution in [0.4, 0.5) is 5.69 Å². The van der Waals surface area contributed by atoms with Crippen LogP contribution in [0.1, 0.15) is 16.7 Å². The number of amides is 1. The molecule has 4 nitrogen and oxygen atoms in total. The summed E-state index contributed by atoms with van der Waals surface area (Å²) in [6, 6.07) is 35.7. The molecule has 0 unspecified atom stereocenters. The molecule has 0 fully saturated rings. The number of carbonyl (C=O) groups excluding carboxylic acids is 1. The smallest absolute Gasteiger partial charge is 0.266 e. The molecule has 5 aromatic carbocycles. The number of fused-ring (bicyclic) bond motifs is 2. The van der Waals surface area contributed by atoms with Gasteiger partial charge in [-0.15, -0.1) is 0 Å². The number of hydrogen-bond donors (Lipinski definition) is 1. The number of carbonyl (C=O) groups is 1. The summed E-state index contributed by atoms with van der Waals surface area (Å²) in [4.78, 5) is 13.0. The fourth-order valence-corrected chi connectivity index (χ4v) is 4.32. The molecule has 0 bridgehead atoms. The van der Waals surface area contributed by atoms with Crippen molar-refractivity contribution in [3.63, 3.8) is 0 Å². The molecular formula is C32H24N2O2. The standard InChI is InChI=1S/C32H24N2O2/c1-22-9-2-7-16-30(22)34-32(35)26(20-33)19-29-28-15-6-4-11-24(28)17-18-31(29)36-21-25-13-8-12-23-10-3-5-14-27(23)25/h2-19H,21H2,1H3,(H,34,35)/b26-19+. The highest BCUT2D eigenvalue weighted by Crippen LogP contribution is 2.32. The van der Waals surface area contributed by atoms with Crippen molar-refractivity contribution >= 4 is 39.2 Å². The van der Waals surface area contributed by atoms with Gasteiger partial charge in [-0.2, -0.15) is 5.26 Å². The van der Waals surface area contributed by atoms with E-state index in [1.54, 1.807) is 6.08 Å². The van der Waals surface area contributed by atoms with Crippen LogP contribution in [0.5, 0.6) is 5.75 Å². The van der Waals surface area contributed by atoms with E-state index in [2.05, 4.69) is 35.7 Å². The fourth-order valence-electron chi connectivity index (χ4n) is 4.32. The number of para-hydroxylation sites is 1. The number of hydrogen-bond acceptors (Lipinski definition) is 3. The number of benzene rings is 5. The topological polar surface area (TPSA) is 62.1 Å². The molecule has 0 aromatic heterocycles. The van der Waals surface area contributed by atoms with Gasteiger partial charge in [0.2, 0.25) is 0 Å². The molecule has 1 amide bonds. The van der Waals surface area contributed by atoms with Crippen molar-refractivity contribution in [2.45, 2.75) is 13.5 Å². The minimum Gasteiger partial charge on any atom is -0.488 e. The van der Waals surface area contributed by atoms with Gasteiger partial charge in [0.25, 0.3) is 5.91 Å². The van der Waals surface area contributed by atoms with Gasteiger partial charge in [0.1, 0.15) is 24.0 Å². The van der Waals surface area contributed by atoms with Crippen LogP contribution in [0.2, 0.25) is 0 Å². The molecule has 0 saturated carbocycles. The third-order valence-electron chi connectivity index (χ3n) is 6.24. The van der Waals surface area contributed by atoms with Crippen LogP contribution < -0.4 is 10.1 Å². The molecule has 0 aliphatic carbocycles. The zero-order valence-electron chi connectivity index (χ0n) is 19.9. The highest BCUT2D eigenvalue weighted by atomic mass is 16.5. The van der Waals surface area contributed by atoms with Crippen molar-refractivity contribution < 1.29 is 9.53 Å². The second-order valence-electron chi connectivity index (χ2n) is 8.56. The third-order valence-corrected chi connectivity index (χ3v) is 6.24. The Bertz CT molecular complexity index is 1660. The van der Waals surface area contributed by atoms with Crippen molar-refractivity contribution in [3.05, 3.63) is 125 Å². The van der Waals surface area contributed by atoms with Gasteiger partial charge in [-0.3, -0.25) is 4.79 Å². The monoisotopic (exact) mass is 468 g/mol. The van der Waals surface area contributed by atoms with Crippen LogP contribution >= 0.6 is 0 Å². The summed E-state index contributed by atoms with van der Waals surface area (Å²) < 4.78 is 6.32. The van der Waals surface area contributed by atoms with Crippen molar-refractivity contribution in [2.75, 3.05) is 5.32 Å². The first-order valence-electron chi connectivity index (χ1n) is 11.7. The normalized spacial score (nSPS) is 11.3. The molecule has 36 heavy (non-hydrogen) atoms. The third kappa shape index (κ3) is 4.68. The number of nitrogens with zero attached hydrogens (tertiary/aromatic N) is 1. The number of anilines is 1. The first-order valence-corrected chi connectivity index (χ1v) is 11.7. The van der Waals surface area contributed by atoms with E-state index >= 15 is 0 Å². The van der Waals surface area contributed by atoms with Crippen LogP contribution in [0.25, 0.3) is 27.6 Å². The molecule has 5 aromatic rings. The van der Waals surface area contributed by atoms with E-state index in [4.69, 9.17) is 4.74 Å². The Hall–Kier alpha value is -4.88. The first-order chi connectivity index (χ1) is 17.6. The fraction of sp³-hybridized carbons (Fsp3) is 0.0625. The Balaban J connectivity index is 1.52. The molecular weight excluding hydrogens is 444 g/mol. The molecule has 0 heterocycles. The second-order valence-corrected chi connectivity index (χ2v) is 8.56. The van der Waals surface area contributed by atoms with E-state index in [-0.39, 0.29) is 5.57 Å². The zero-order valence-corrected chi connectivity index (χ0v) is 19.9. The maximum atomic E-state index is 13.0. The van der Waals surface area contributed by atoms with Crippen LogP contribution in [-0.2, 0) is 11.4 Å². The van der Waals surface area contributed by atoms with E-state index in [1.807, 2.05) is 85.8 Å². The van der Waals surface area contributed by atoms with Crippen LogP contribution in [0, 0.1) is 18.3 Å². The van der Waals surface area contributed by atoms with E-state index < -0.39 is 5.91 Å². The molecule has 1 N–H and O–H groups in total. The molecule has 0 aliphatic heterocycles. The SMILES string of the molecule is Cc1ccccc1NC(=O)/C(C#N)=C/c1c(OCc2cccc3ccccc23)ccc2ccccc12. The molecule has 0 saturated heterocycles. The predicted molar refractivity (Wildman–Crippen MR) is 146 cm³/mol. The van der Waals surface area contributed by atoms with Gasteiger partial charge < -0.3 is 10.1 Å². The molecule has 174 valence electrons. The lowest BCUT2D eigenvalue weighted by molar-refractivity contribution is -0.112. The van der Waals surface area contributed by atoms with Gasteiger partial charge in [-0.05, 0) is 57.8 Å². The van der Waals surface area contributed by atoms with Crippen molar-refractivity contribution in [2.24, 2.45) is 0 Å². The largest absolute Gasteiger partial charge is 0.488 e. The highest BCUT2D eigenvalue weighted by molar-refractivity contribution is 6.11. The zero-order chi connectivity index (χ0) is 24.9. The summed E-state index contributed by atoms with van der Waals surface area (Å²) in [5.74, 6) is 0.151. The van der Waals surface area contributed by atoms with Crippen molar-refractivity contribution in [3.8, 4) is 11.8 Å². The minimum atomic E-state index is -0.459. The Morgan fingerprint density at radius 2 is 1.50 bits per heavy atom. The quantitative estimate of drug-likeness (QED) is 0.208. The number of nitriles is 1. The lowest BCUT2D eigenvalue weighted by Crippen LogP contribution is -2.14. The maximum Gasteiger partial charge on any atom is 0.266 e. The Morgan fingerprint density at radius 1 is 0.833 bits per heavy atom. The highest BCUT2D eigenvalue weighted by Gasteiger charge is 2.15. The van der Waals surface area contributed by atoms with Gasteiger partial charge in [0.15, 0.2) is 0 Å². The maximum absolute atomic E-state index is 13.0. The molecule has 0 spiro atoms. The lowest BCUT2D eigenvalue weighted by atomic mass is 10.0.